The summed E-state index contributed by atoms with van der Waals surface area (Å²) < 4.78 is 5.00. The highest BCUT2D eigenvalue weighted by Gasteiger charge is 2.57. The SMILES string of the molecule is CC(=O)OCC(=O)C1CCC2C3CCC4=CC(=O)CCC4(C)C3=CCC12C.c1ccccc1. The van der Waals surface area contributed by atoms with Crippen molar-refractivity contribution in [1.29, 1.82) is 0 Å². The number of hydrogen-bond donors (Lipinski definition) is 0. The third-order valence-electron chi connectivity index (χ3n) is 8.81. The van der Waals surface area contributed by atoms with Crippen molar-refractivity contribution in [3.05, 3.63) is 59.7 Å². The maximum absolute atomic E-state index is 12.8. The predicted molar refractivity (Wildman–Crippen MR) is 128 cm³/mol. The molecule has 2 saturated carbocycles. The lowest BCUT2D eigenvalue weighted by molar-refractivity contribution is -0.148. The quantitative estimate of drug-likeness (QED) is 0.428. The maximum Gasteiger partial charge on any atom is 0.303 e. The van der Waals surface area contributed by atoms with Crippen LogP contribution in [0.5, 0.6) is 0 Å². The fraction of sp³-hybridized carbons (Fsp3) is 0.552. The summed E-state index contributed by atoms with van der Waals surface area (Å²) in [4.78, 5) is 35.8. The van der Waals surface area contributed by atoms with Crippen LogP contribution in [0.2, 0.25) is 0 Å². The number of ether oxygens (including phenoxy) is 1. The lowest BCUT2D eigenvalue weighted by Crippen LogP contribution is -2.45. The number of carbonyl (C=O) groups is 3. The molecule has 33 heavy (non-hydrogen) atoms. The van der Waals surface area contributed by atoms with Gasteiger partial charge in [0, 0.05) is 24.7 Å². The normalized spacial score (nSPS) is 34.4. The van der Waals surface area contributed by atoms with Crippen LogP contribution in [-0.2, 0) is 19.1 Å². The smallest absolute Gasteiger partial charge is 0.303 e. The van der Waals surface area contributed by atoms with E-state index in [2.05, 4.69) is 19.9 Å². The molecule has 0 spiro atoms. The van der Waals surface area contributed by atoms with Gasteiger partial charge in [0.05, 0.1) is 0 Å². The number of fused-ring (bicyclic) bond motifs is 5. The molecular weight excluding hydrogens is 412 g/mol. The van der Waals surface area contributed by atoms with Crippen molar-refractivity contribution in [2.75, 3.05) is 6.61 Å². The van der Waals surface area contributed by atoms with E-state index in [0.29, 0.717) is 18.3 Å². The van der Waals surface area contributed by atoms with Crippen LogP contribution >= 0.6 is 0 Å². The molecule has 176 valence electrons. The number of rotatable bonds is 3. The second kappa shape index (κ2) is 9.40. The summed E-state index contributed by atoms with van der Waals surface area (Å²) in [5.41, 5.74) is 2.86. The number of benzene rings is 1. The molecule has 0 bridgehead atoms. The number of allylic oxidation sites excluding steroid dienone is 4. The first-order valence-electron chi connectivity index (χ1n) is 12.4. The third kappa shape index (κ3) is 4.49. The summed E-state index contributed by atoms with van der Waals surface area (Å²) in [5, 5.41) is 0. The Labute approximate surface area is 197 Å². The standard InChI is InChI=1S/C23H30O4.C6H6/c1-14(24)27-13-21(26)20-7-6-18-17-5-4-15-12-16(25)8-10-22(15,2)19(17)9-11-23(18,20)3;1-2-4-6-5-3-1/h9,12,17-18,20H,4-8,10-11,13H2,1-3H3;1-6H. The highest BCUT2D eigenvalue weighted by atomic mass is 16.5. The van der Waals surface area contributed by atoms with Gasteiger partial charge in [0.1, 0.15) is 6.61 Å². The molecule has 1 aromatic rings. The molecule has 1 aromatic carbocycles. The molecule has 0 aliphatic heterocycles. The second-order valence-corrected chi connectivity index (χ2v) is 10.6. The minimum atomic E-state index is -0.389. The van der Waals surface area contributed by atoms with E-state index in [0.717, 1.165) is 38.5 Å². The number of ketones is 2. The molecule has 0 amide bonds. The van der Waals surface area contributed by atoms with Crippen LogP contribution in [0.15, 0.2) is 59.7 Å². The number of carbonyl (C=O) groups excluding carboxylic acids is 3. The van der Waals surface area contributed by atoms with Crippen LogP contribution in [0.25, 0.3) is 0 Å². The van der Waals surface area contributed by atoms with E-state index in [4.69, 9.17) is 4.74 Å². The highest BCUT2D eigenvalue weighted by molar-refractivity contribution is 5.92. The van der Waals surface area contributed by atoms with E-state index < -0.39 is 0 Å². The summed E-state index contributed by atoms with van der Waals surface area (Å²) in [5.74, 6) is 0.986. The predicted octanol–water partition coefficient (Wildman–Crippen LogP) is 5.87. The number of hydrogen-bond acceptors (Lipinski definition) is 4. The third-order valence-corrected chi connectivity index (χ3v) is 8.81. The lowest BCUT2D eigenvalue weighted by atomic mass is 9.51. The zero-order chi connectivity index (χ0) is 23.6. The number of esters is 1. The Morgan fingerprint density at radius 1 is 1.00 bits per heavy atom. The van der Waals surface area contributed by atoms with Gasteiger partial charge in [0.25, 0.3) is 0 Å². The molecule has 4 heteroatoms. The Morgan fingerprint density at radius 2 is 1.67 bits per heavy atom. The van der Waals surface area contributed by atoms with Crippen molar-refractivity contribution in [2.45, 2.75) is 65.7 Å². The largest absolute Gasteiger partial charge is 0.458 e. The van der Waals surface area contributed by atoms with Crippen molar-refractivity contribution in [2.24, 2.45) is 28.6 Å². The molecule has 0 saturated heterocycles. The minimum absolute atomic E-state index is 0.0164. The first-order valence-corrected chi connectivity index (χ1v) is 12.4. The topological polar surface area (TPSA) is 60.4 Å². The van der Waals surface area contributed by atoms with E-state index in [1.54, 1.807) is 0 Å². The van der Waals surface area contributed by atoms with Gasteiger partial charge in [-0.15, -0.1) is 0 Å². The lowest BCUT2D eigenvalue weighted by Gasteiger charge is -2.53. The van der Waals surface area contributed by atoms with Crippen LogP contribution in [-0.4, -0.2) is 24.1 Å². The maximum atomic E-state index is 12.8. The first-order chi connectivity index (χ1) is 15.8. The zero-order valence-corrected chi connectivity index (χ0v) is 20.1. The zero-order valence-electron chi connectivity index (χ0n) is 20.1. The monoisotopic (exact) mass is 448 g/mol. The van der Waals surface area contributed by atoms with Gasteiger partial charge in [0.15, 0.2) is 11.6 Å². The van der Waals surface area contributed by atoms with E-state index in [-0.39, 0.29) is 40.9 Å². The van der Waals surface area contributed by atoms with Gasteiger partial charge in [-0.05, 0) is 61.9 Å². The molecular formula is C29H36O4. The second-order valence-electron chi connectivity index (χ2n) is 10.6. The molecule has 2 fully saturated rings. The first kappa shape index (κ1) is 23.7. The Hall–Kier alpha value is -2.49. The van der Waals surface area contributed by atoms with Crippen LogP contribution in [0.3, 0.4) is 0 Å². The molecule has 0 aromatic heterocycles. The van der Waals surface area contributed by atoms with Gasteiger partial charge >= 0.3 is 5.97 Å². The highest BCUT2D eigenvalue weighted by Crippen LogP contribution is 2.64. The Bertz CT molecular complexity index is 948. The van der Waals surface area contributed by atoms with Crippen molar-refractivity contribution in [3.63, 3.8) is 0 Å². The summed E-state index contributed by atoms with van der Waals surface area (Å²) in [7, 11) is 0. The van der Waals surface area contributed by atoms with Gasteiger partial charge in [-0.1, -0.05) is 67.5 Å². The van der Waals surface area contributed by atoms with Crippen LogP contribution in [0.1, 0.15) is 65.7 Å². The average Bonchev–Trinajstić information content (AvgIpc) is 3.17. The van der Waals surface area contributed by atoms with Crippen molar-refractivity contribution in [3.8, 4) is 0 Å². The summed E-state index contributed by atoms with van der Waals surface area (Å²) in [6.07, 6.45) is 10.9. The fourth-order valence-electron chi connectivity index (χ4n) is 7.04. The van der Waals surface area contributed by atoms with E-state index in [9.17, 15) is 14.4 Å². The van der Waals surface area contributed by atoms with Crippen molar-refractivity contribution in [1.82, 2.24) is 0 Å². The van der Waals surface area contributed by atoms with Crippen molar-refractivity contribution < 1.29 is 19.1 Å². The molecule has 5 atom stereocenters. The molecule has 5 unspecified atom stereocenters. The van der Waals surface area contributed by atoms with Gasteiger partial charge in [0.2, 0.25) is 0 Å². The fourth-order valence-corrected chi connectivity index (χ4v) is 7.04. The molecule has 5 rings (SSSR count). The molecule has 0 heterocycles. The van der Waals surface area contributed by atoms with Gasteiger partial charge in [-0.2, -0.15) is 0 Å². The van der Waals surface area contributed by atoms with Gasteiger partial charge in [-0.25, -0.2) is 0 Å². The molecule has 4 aliphatic carbocycles. The molecule has 4 aliphatic rings. The van der Waals surface area contributed by atoms with Crippen molar-refractivity contribution >= 4 is 17.5 Å². The average molecular weight is 449 g/mol. The Morgan fingerprint density at radius 3 is 2.30 bits per heavy atom. The Kier molecular flexibility index (Phi) is 6.74. The molecule has 0 radical (unpaired) electrons. The van der Waals surface area contributed by atoms with Crippen LogP contribution < -0.4 is 0 Å². The molecule has 4 nitrogen and oxygen atoms in total. The van der Waals surface area contributed by atoms with Crippen LogP contribution in [0, 0.1) is 28.6 Å². The van der Waals surface area contributed by atoms with E-state index in [1.165, 1.54) is 18.1 Å². The molecule has 0 N–H and O–H groups in total. The summed E-state index contributed by atoms with van der Waals surface area (Å²) in [6, 6.07) is 12.0. The number of Topliss-reactive ketones (excluding diaryl/α,β-unsaturated/α-hetero) is 1. The van der Waals surface area contributed by atoms with Crippen LogP contribution in [0.4, 0.5) is 0 Å². The summed E-state index contributed by atoms with van der Waals surface area (Å²) >= 11 is 0. The Balaban J connectivity index is 0.000000376. The van der Waals surface area contributed by atoms with Gasteiger partial charge in [-0.3, -0.25) is 14.4 Å². The van der Waals surface area contributed by atoms with E-state index in [1.807, 2.05) is 42.5 Å². The minimum Gasteiger partial charge on any atom is -0.458 e. The van der Waals surface area contributed by atoms with Gasteiger partial charge < -0.3 is 4.74 Å². The van der Waals surface area contributed by atoms with E-state index >= 15 is 0 Å². The summed E-state index contributed by atoms with van der Waals surface area (Å²) in [6.45, 7) is 5.86.